The Balaban J connectivity index is 1.36. The van der Waals surface area contributed by atoms with Crippen LogP contribution in [0.1, 0.15) is 83.8 Å². The predicted molar refractivity (Wildman–Crippen MR) is 127 cm³/mol. The van der Waals surface area contributed by atoms with E-state index in [1.165, 1.54) is 43.1 Å². The van der Waals surface area contributed by atoms with Gasteiger partial charge in [0.25, 0.3) is 0 Å². The maximum Gasteiger partial charge on any atom is 0.490 e. The minimum absolute atomic E-state index is 0.230. The molecule has 5 fully saturated rings. The van der Waals surface area contributed by atoms with Gasteiger partial charge in [-0.2, -0.15) is 0 Å². The lowest BCUT2D eigenvalue weighted by molar-refractivity contribution is -0.0428. The van der Waals surface area contributed by atoms with E-state index in [9.17, 15) is 0 Å². The first-order valence-corrected chi connectivity index (χ1v) is 12.9. The maximum atomic E-state index is 6.51. The Morgan fingerprint density at radius 2 is 1.53 bits per heavy atom. The topological polar surface area (TPSA) is 31.4 Å². The Hall–Kier alpha value is -1.39. The highest BCUT2D eigenvalue weighted by molar-refractivity contribution is 6.55. The number of hydrogen-bond acceptors (Lipinski definition) is 3. The van der Waals surface area contributed by atoms with Gasteiger partial charge in [-0.25, -0.2) is 0 Å². The Bertz CT molecular complexity index is 1010. The highest BCUT2D eigenvalue weighted by Gasteiger charge is 2.65. The van der Waals surface area contributed by atoms with Gasteiger partial charge >= 0.3 is 7.12 Å². The summed E-state index contributed by atoms with van der Waals surface area (Å²) in [6.07, 6.45) is 16.3. The van der Waals surface area contributed by atoms with Crippen LogP contribution in [0.2, 0.25) is 0 Å². The molecule has 4 bridgehead atoms. The third-order valence-corrected chi connectivity index (χ3v) is 10.9. The van der Waals surface area contributed by atoms with Crippen LogP contribution in [0.5, 0.6) is 0 Å². The Morgan fingerprint density at radius 1 is 0.906 bits per heavy atom. The summed E-state index contributed by atoms with van der Waals surface area (Å²) >= 11 is 0. The first-order valence-electron chi connectivity index (χ1n) is 12.9. The highest BCUT2D eigenvalue weighted by atomic mass is 16.7. The van der Waals surface area contributed by atoms with Crippen LogP contribution in [0.4, 0.5) is 0 Å². The molecule has 1 aromatic rings. The molecule has 2 atom stereocenters. The summed E-state index contributed by atoms with van der Waals surface area (Å²) in [6, 6.07) is 2.33. The second-order valence-corrected chi connectivity index (χ2v) is 12.8. The summed E-state index contributed by atoms with van der Waals surface area (Å²) in [5.41, 5.74) is 5.73. The van der Waals surface area contributed by atoms with Crippen LogP contribution in [0.25, 0.3) is 0 Å². The zero-order valence-corrected chi connectivity index (χ0v) is 20.2. The molecular weight excluding hydrogens is 393 g/mol. The molecular formula is C28H36BNO2. The van der Waals surface area contributed by atoms with Gasteiger partial charge in [-0.05, 0) is 112 Å². The molecule has 2 heterocycles. The summed E-state index contributed by atoms with van der Waals surface area (Å²) in [4.78, 5) is 4.69. The average Bonchev–Trinajstić information content (AvgIpc) is 3.14. The fourth-order valence-corrected chi connectivity index (χ4v) is 9.02. The van der Waals surface area contributed by atoms with Gasteiger partial charge in [-0.15, -0.1) is 0 Å². The minimum Gasteiger partial charge on any atom is -0.400 e. The van der Waals surface area contributed by atoms with Crippen molar-refractivity contribution >= 4 is 7.12 Å². The number of hydrogen-bond donors (Lipinski definition) is 0. The van der Waals surface area contributed by atoms with E-state index in [0.29, 0.717) is 11.8 Å². The molecule has 0 N–H and O–H groups in total. The molecule has 4 heteroatoms. The molecule has 2 unspecified atom stereocenters. The molecule has 0 radical (unpaired) electrons. The third-order valence-electron chi connectivity index (χ3n) is 10.9. The van der Waals surface area contributed by atoms with Gasteiger partial charge in [-0.3, -0.25) is 4.98 Å². The molecule has 168 valence electrons. The van der Waals surface area contributed by atoms with Gasteiger partial charge in [0.15, 0.2) is 0 Å². The molecule has 1 aromatic heterocycles. The molecule has 1 saturated heterocycles. The van der Waals surface area contributed by atoms with Crippen molar-refractivity contribution in [1.29, 1.82) is 0 Å². The summed E-state index contributed by atoms with van der Waals surface area (Å²) in [5.74, 6) is 4.36. The van der Waals surface area contributed by atoms with Gasteiger partial charge in [0.1, 0.15) is 0 Å². The van der Waals surface area contributed by atoms with E-state index in [0.717, 1.165) is 23.7 Å². The van der Waals surface area contributed by atoms with Crippen LogP contribution in [0, 0.1) is 29.6 Å². The SMILES string of the molecule is CC1C(B2OC(C)(C)C(C)(C)O2)=CC=C2C1c1ccncc1C21C2CC3CC(C2)CC1C3. The van der Waals surface area contributed by atoms with E-state index in [2.05, 4.69) is 64.0 Å². The molecule has 4 saturated carbocycles. The summed E-state index contributed by atoms with van der Waals surface area (Å²) in [6.45, 7) is 11.0. The molecule has 0 amide bonds. The predicted octanol–water partition coefficient (Wildman–Crippen LogP) is 6.01. The standard InChI is InChI=1S/C28H36BNO2/c1-16-24(29-31-26(2,3)27(4,5)32-29)7-6-22-25(16)21-8-9-30-15-23(21)28(22)19-11-17-10-18(13-19)14-20(28)12-17/h6-9,15-20,25H,10-14H2,1-5H3. The molecule has 7 aliphatic rings. The lowest BCUT2D eigenvalue weighted by Crippen LogP contribution is -2.55. The van der Waals surface area contributed by atoms with Gasteiger partial charge in [-0.1, -0.05) is 24.6 Å². The summed E-state index contributed by atoms with van der Waals surface area (Å²) in [5, 5.41) is 0. The van der Waals surface area contributed by atoms with E-state index in [4.69, 9.17) is 9.31 Å². The number of nitrogens with zero attached hydrogens (tertiary/aromatic N) is 1. The zero-order valence-electron chi connectivity index (χ0n) is 20.2. The van der Waals surface area contributed by atoms with Crippen molar-refractivity contribution in [2.75, 3.05) is 0 Å². The molecule has 32 heavy (non-hydrogen) atoms. The maximum absolute atomic E-state index is 6.51. The highest BCUT2D eigenvalue weighted by Crippen LogP contribution is 2.71. The molecule has 3 nitrogen and oxygen atoms in total. The van der Waals surface area contributed by atoms with Crippen molar-refractivity contribution in [3.8, 4) is 0 Å². The normalized spacial score (nSPS) is 44.5. The monoisotopic (exact) mass is 429 g/mol. The van der Waals surface area contributed by atoms with Crippen molar-refractivity contribution < 1.29 is 9.31 Å². The van der Waals surface area contributed by atoms with Crippen LogP contribution in [-0.4, -0.2) is 23.3 Å². The summed E-state index contributed by atoms with van der Waals surface area (Å²) in [7, 11) is -0.256. The number of fused-ring (bicyclic) bond motifs is 3. The molecule has 0 aromatic carbocycles. The van der Waals surface area contributed by atoms with Crippen LogP contribution >= 0.6 is 0 Å². The number of allylic oxidation sites excluding steroid dienone is 4. The van der Waals surface area contributed by atoms with Gasteiger partial charge in [0.05, 0.1) is 11.2 Å². The quantitative estimate of drug-likeness (QED) is 0.513. The van der Waals surface area contributed by atoms with Crippen molar-refractivity contribution in [3.05, 3.63) is 52.8 Å². The van der Waals surface area contributed by atoms with Crippen molar-refractivity contribution in [3.63, 3.8) is 0 Å². The van der Waals surface area contributed by atoms with Crippen LogP contribution in [-0.2, 0) is 14.7 Å². The van der Waals surface area contributed by atoms with Crippen LogP contribution < -0.4 is 0 Å². The van der Waals surface area contributed by atoms with Crippen molar-refractivity contribution in [2.45, 2.75) is 89.3 Å². The number of pyridine rings is 1. The van der Waals surface area contributed by atoms with Crippen molar-refractivity contribution in [2.24, 2.45) is 29.6 Å². The molecule has 1 spiro atoms. The average molecular weight is 429 g/mol. The van der Waals surface area contributed by atoms with Gasteiger partial charge < -0.3 is 9.31 Å². The fraction of sp³-hybridized carbons (Fsp3) is 0.679. The lowest BCUT2D eigenvalue weighted by Gasteiger charge is -2.61. The zero-order chi connectivity index (χ0) is 22.0. The van der Waals surface area contributed by atoms with Crippen LogP contribution in [0.15, 0.2) is 41.7 Å². The van der Waals surface area contributed by atoms with E-state index in [-0.39, 0.29) is 23.7 Å². The second-order valence-electron chi connectivity index (χ2n) is 12.8. The number of aromatic nitrogens is 1. The fourth-order valence-electron chi connectivity index (χ4n) is 9.02. The second kappa shape index (κ2) is 6.19. The first-order chi connectivity index (χ1) is 15.2. The molecule has 1 aliphatic heterocycles. The number of rotatable bonds is 1. The largest absolute Gasteiger partial charge is 0.490 e. The Kier molecular flexibility index (Phi) is 3.87. The van der Waals surface area contributed by atoms with E-state index in [1.807, 2.05) is 6.20 Å². The van der Waals surface area contributed by atoms with E-state index in [1.54, 1.807) is 11.1 Å². The minimum atomic E-state index is -0.303. The molecule has 8 rings (SSSR count). The Morgan fingerprint density at radius 3 is 2.16 bits per heavy atom. The van der Waals surface area contributed by atoms with E-state index >= 15 is 0 Å². The third kappa shape index (κ3) is 2.29. The Labute approximate surface area is 193 Å². The van der Waals surface area contributed by atoms with Crippen molar-refractivity contribution in [1.82, 2.24) is 4.98 Å². The lowest BCUT2D eigenvalue weighted by atomic mass is 9.42. The summed E-state index contributed by atoms with van der Waals surface area (Å²) < 4.78 is 13.0. The van der Waals surface area contributed by atoms with Gasteiger partial charge in [0, 0.05) is 23.7 Å². The van der Waals surface area contributed by atoms with Crippen LogP contribution in [0.3, 0.4) is 0 Å². The van der Waals surface area contributed by atoms with E-state index < -0.39 is 0 Å². The van der Waals surface area contributed by atoms with Gasteiger partial charge in [0.2, 0.25) is 0 Å². The molecule has 6 aliphatic carbocycles. The first kappa shape index (κ1) is 20.0. The smallest absolute Gasteiger partial charge is 0.400 e.